The van der Waals surface area contributed by atoms with E-state index in [9.17, 15) is 0 Å². The zero-order chi connectivity index (χ0) is 24.6. The molecule has 0 aromatic heterocycles. The van der Waals surface area contributed by atoms with E-state index in [-0.39, 0.29) is 0 Å². The van der Waals surface area contributed by atoms with Gasteiger partial charge in [-0.1, -0.05) is 38.1 Å². The lowest BCUT2D eigenvalue weighted by Gasteiger charge is -2.18. The first-order valence-corrected chi connectivity index (χ1v) is 12.2. The van der Waals surface area contributed by atoms with Gasteiger partial charge in [0, 0.05) is 11.4 Å². The molecule has 2 unspecified atom stereocenters. The van der Waals surface area contributed by atoms with E-state index in [0.717, 1.165) is 47.2 Å². The van der Waals surface area contributed by atoms with Gasteiger partial charge in [-0.15, -0.1) is 0 Å². The van der Waals surface area contributed by atoms with Gasteiger partial charge in [-0.25, -0.2) is 0 Å². The Morgan fingerprint density at radius 3 is 1.09 bits per heavy atom. The molecule has 0 radical (unpaired) electrons. The van der Waals surface area contributed by atoms with Crippen molar-refractivity contribution in [3.63, 3.8) is 0 Å². The maximum Gasteiger partial charge on any atom is 0.127 e. The summed E-state index contributed by atoms with van der Waals surface area (Å²) in [5.41, 5.74) is 15.6. The zero-order valence-corrected chi connectivity index (χ0v) is 20.5. The number of nitrogen functional groups attached to an aromatic ring is 2. The van der Waals surface area contributed by atoms with E-state index in [4.69, 9.17) is 20.9 Å². The van der Waals surface area contributed by atoms with Gasteiger partial charge >= 0.3 is 0 Å². The van der Waals surface area contributed by atoms with Crippen LogP contribution in [0.5, 0.6) is 23.0 Å². The van der Waals surface area contributed by atoms with Crippen LogP contribution in [0.2, 0.25) is 0 Å². The van der Waals surface area contributed by atoms with Crippen molar-refractivity contribution >= 4 is 11.4 Å². The van der Waals surface area contributed by atoms with E-state index in [2.05, 4.69) is 38.1 Å². The Balaban J connectivity index is 1.23. The second-order valence-electron chi connectivity index (χ2n) is 9.48. The van der Waals surface area contributed by atoms with Crippen LogP contribution in [-0.4, -0.2) is 0 Å². The molecule has 4 rings (SSSR count). The van der Waals surface area contributed by atoms with Gasteiger partial charge in [-0.2, -0.15) is 0 Å². The van der Waals surface area contributed by atoms with E-state index in [1.54, 1.807) is 0 Å². The molecule has 0 heterocycles. The third-order valence-electron chi connectivity index (χ3n) is 6.05. The van der Waals surface area contributed by atoms with Crippen LogP contribution < -0.4 is 20.9 Å². The van der Waals surface area contributed by atoms with Gasteiger partial charge in [0.1, 0.15) is 23.0 Å². The van der Waals surface area contributed by atoms with Crippen molar-refractivity contribution < 1.29 is 9.47 Å². The Bertz CT molecular complexity index is 1090. The third kappa shape index (κ3) is 7.54. The fourth-order valence-corrected chi connectivity index (χ4v) is 4.39. The molecule has 0 amide bonds. The summed E-state index contributed by atoms with van der Waals surface area (Å²) in [6, 6.07) is 31.7. The fourth-order valence-electron chi connectivity index (χ4n) is 4.39. The minimum Gasteiger partial charge on any atom is -0.457 e. The van der Waals surface area contributed by atoms with Gasteiger partial charge in [-0.3, -0.25) is 0 Å². The monoisotopic (exact) mass is 466 g/mol. The summed E-state index contributed by atoms with van der Waals surface area (Å²) in [6.07, 6.45) is 3.29. The van der Waals surface area contributed by atoms with Crippen molar-refractivity contribution in [2.24, 2.45) is 11.8 Å². The Morgan fingerprint density at radius 1 is 0.486 bits per heavy atom. The lowest BCUT2D eigenvalue weighted by Crippen LogP contribution is -2.08. The molecule has 4 heteroatoms. The summed E-state index contributed by atoms with van der Waals surface area (Å²) in [6.45, 7) is 4.66. The molecule has 0 saturated heterocycles. The largest absolute Gasteiger partial charge is 0.457 e. The van der Waals surface area contributed by atoms with Crippen LogP contribution >= 0.6 is 0 Å². The van der Waals surface area contributed by atoms with Gasteiger partial charge in [0.15, 0.2) is 0 Å². The minimum absolute atomic E-state index is 0.599. The molecule has 180 valence electrons. The maximum absolute atomic E-state index is 5.90. The number of hydrogen-bond donors (Lipinski definition) is 2. The quantitative estimate of drug-likeness (QED) is 0.233. The lowest BCUT2D eigenvalue weighted by atomic mass is 9.88. The van der Waals surface area contributed by atoms with E-state index >= 15 is 0 Å². The topological polar surface area (TPSA) is 70.5 Å². The molecule has 35 heavy (non-hydrogen) atoms. The van der Waals surface area contributed by atoms with Crippen LogP contribution in [0.25, 0.3) is 0 Å². The molecular weight excluding hydrogens is 432 g/mol. The van der Waals surface area contributed by atoms with Crippen LogP contribution in [-0.2, 0) is 12.8 Å². The van der Waals surface area contributed by atoms with Gasteiger partial charge in [-0.05, 0) is 115 Å². The van der Waals surface area contributed by atoms with Crippen molar-refractivity contribution in [1.82, 2.24) is 0 Å². The first-order chi connectivity index (χ1) is 16.9. The number of nitrogens with two attached hydrogens (primary N) is 2. The van der Waals surface area contributed by atoms with Gasteiger partial charge in [0.05, 0.1) is 0 Å². The smallest absolute Gasteiger partial charge is 0.127 e. The average molecular weight is 467 g/mol. The van der Waals surface area contributed by atoms with E-state index in [1.807, 2.05) is 72.8 Å². The molecule has 0 aliphatic heterocycles. The number of benzene rings is 4. The van der Waals surface area contributed by atoms with Crippen molar-refractivity contribution in [2.45, 2.75) is 33.1 Å². The molecule has 2 atom stereocenters. The van der Waals surface area contributed by atoms with Gasteiger partial charge in [0.2, 0.25) is 0 Å². The van der Waals surface area contributed by atoms with Gasteiger partial charge < -0.3 is 20.9 Å². The van der Waals surface area contributed by atoms with Crippen molar-refractivity contribution in [2.75, 3.05) is 11.5 Å². The predicted molar refractivity (Wildman–Crippen MR) is 145 cm³/mol. The average Bonchev–Trinajstić information content (AvgIpc) is 2.84. The Hall–Kier alpha value is -3.92. The SMILES string of the molecule is CC(Cc1ccc(Oc2ccc(N)cc2)cc1)CC(C)Cc1ccc(Oc2ccc(N)cc2)cc1. The van der Waals surface area contributed by atoms with E-state index < -0.39 is 0 Å². The first-order valence-electron chi connectivity index (χ1n) is 12.2. The van der Waals surface area contributed by atoms with Crippen LogP contribution in [0.3, 0.4) is 0 Å². The standard InChI is InChI=1S/C31H34N2O2/c1-22(20-24-3-11-28(12-4-24)34-30-15-7-26(32)8-16-30)19-23(2)21-25-5-13-29(14-6-25)35-31-17-9-27(33)10-18-31/h3-18,22-23H,19-21,32-33H2,1-2H3. The molecule has 0 spiro atoms. The lowest BCUT2D eigenvalue weighted by molar-refractivity contribution is 0.410. The van der Waals surface area contributed by atoms with Crippen molar-refractivity contribution in [1.29, 1.82) is 0 Å². The normalized spacial score (nSPS) is 12.6. The molecule has 0 fully saturated rings. The summed E-state index contributed by atoms with van der Waals surface area (Å²) < 4.78 is 11.8. The highest BCUT2D eigenvalue weighted by molar-refractivity contribution is 5.44. The molecule has 4 nitrogen and oxygen atoms in total. The second kappa shape index (κ2) is 11.5. The maximum atomic E-state index is 5.90. The highest BCUT2D eigenvalue weighted by Gasteiger charge is 2.11. The van der Waals surface area contributed by atoms with Crippen LogP contribution in [0.15, 0.2) is 97.1 Å². The molecule has 0 bridgehead atoms. The van der Waals surface area contributed by atoms with Crippen molar-refractivity contribution in [3.05, 3.63) is 108 Å². The third-order valence-corrected chi connectivity index (χ3v) is 6.05. The second-order valence-corrected chi connectivity index (χ2v) is 9.48. The molecular formula is C31H34N2O2. The highest BCUT2D eigenvalue weighted by Crippen LogP contribution is 2.26. The molecule has 0 aliphatic carbocycles. The zero-order valence-electron chi connectivity index (χ0n) is 20.5. The number of hydrogen-bond acceptors (Lipinski definition) is 4. The Morgan fingerprint density at radius 2 is 0.771 bits per heavy atom. The number of ether oxygens (including phenoxy) is 2. The summed E-state index contributed by atoms with van der Waals surface area (Å²) in [5, 5.41) is 0. The van der Waals surface area contributed by atoms with Gasteiger partial charge in [0.25, 0.3) is 0 Å². The summed E-state index contributed by atoms with van der Waals surface area (Å²) in [5.74, 6) is 4.45. The highest BCUT2D eigenvalue weighted by atomic mass is 16.5. The van der Waals surface area contributed by atoms with E-state index in [0.29, 0.717) is 11.8 Å². The Labute approximate surface area is 208 Å². The summed E-state index contributed by atoms with van der Waals surface area (Å²) in [4.78, 5) is 0. The summed E-state index contributed by atoms with van der Waals surface area (Å²) >= 11 is 0. The van der Waals surface area contributed by atoms with E-state index in [1.165, 1.54) is 17.5 Å². The van der Waals surface area contributed by atoms with Crippen LogP contribution in [0.4, 0.5) is 11.4 Å². The molecule has 4 N–H and O–H groups in total. The fraction of sp³-hybridized carbons (Fsp3) is 0.226. The molecule has 0 saturated carbocycles. The molecule has 4 aromatic rings. The predicted octanol–water partition coefficient (Wildman–Crippen LogP) is 7.88. The minimum atomic E-state index is 0.599. The Kier molecular flexibility index (Phi) is 7.94. The first kappa shape index (κ1) is 24.2. The number of anilines is 2. The molecule has 4 aromatic carbocycles. The number of rotatable bonds is 10. The van der Waals surface area contributed by atoms with Crippen molar-refractivity contribution in [3.8, 4) is 23.0 Å². The van der Waals surface area contributed by atoms with Crippen LogP contribution in [0.1, 0.15) is 31.4 Å². The summed E-state index contributed by atoms with van der Waals surface area (Å²) in [7, 11) is 0. The van der Waals surface area contributed by atoms with Crippen LogP contribution in [0, 0.1) is 11.8 Å². The molecule has 0 aliphatic rings.